The van der Waals surface area contributed by atoms with Crippen molar-refractivity contribution in [3.05, 3.63) is 59.9 Å². The molecule has 3 aliphatic rings. The van der Waals surface area contributed by atoms with Crippen molar-refractivity contribution in [1.82, 2.24) is 9.80 Å². The Balaban J connectivity index is 1.42. The Morgan fingerprint density at radius 3 is 2.19 bits per heavy atom. The maximum atomic E-state index is 13.2. The van der Waals surface area contributed by atoms with E-state index in [0.717, 1.165) is 29.5 Å². The second kappa shape index (κ2) is 7.98. The molecule has 6 nitrogen and oxygen atoms in total. The van der Waals surface area contributed by atoms with Crippen LogP contribution in [0.2, 0.25) is 0 Å². The lowest BCUT2D eigenvalue weighted by molar-refractivity contribution is -0.205. The monoisotopic (exact) mass is 438 g/mol. The van der Waals surface area contributed by atoms with E-state index in [1.165, 1.54) is 19.2 Å². The standard InChI is InChI=1S/C25H27FN2O4/c1-32-13-22(30)27-14-25(15-27)23(21(12-29)28(25)24(31)19-6-7-19)18-4-2-16(3-5-18)17-8-10-20(26)11-9-17/h2-5,8-11,19,21,23,29H,6-7,12-15H2,1H3/t21-,23+/m1/s1. The minimum absolute atomic E-state index is 0.0209. The molecule has 2 aromatic rings. The lowest BCUT2D eigenvalue weighted by atomic mass is 9.60. The number of amides is 2. The van der Waals surface area contributed by atoms with Crippen molar-refractivity contribution in [2.75, 3.05) is 33.4 Å². The molecule has 32 heavy (non-hydrogen) atoms. The lowest BCUT2D eigenvalue weighted by Crippen LogP contribution is -2.86. The van der Waals surface area contributed by atoms with Crippen LogP contribution in [0.25, 0.3) is 11.1 Å². The molecule has 0 aromatic heterocycles. The van der Waals surface area contributed by atoms with E-state index in [0.29, 0.717) is 13.1 Å². The van der Waals surface area contributed by atoms with Gasteiger partial charge in [-0.2, -0.15) is 0 Å². The minimum Gasteiger partial charge on any atom is -0.394 e. The highest BCUT2D eigenvalue weighted by Gasteiger charge is 2.68. The third kappa shape index (κ3) is 3.31. The van der Waals surface area contributed by atoms with E-state index in [9.17, 15) is 19.1 Å². The lowest BCUT2D eigenvalue weighted by Gasteiger charge is -2.70. The molecule has 1 N–H and O–H groups in total. The second-order valence-electron chi connectivity index (χ2n) is 9.13. The number of likely N-dealkylation sites (tertiary alicyclic amines) is 2. The van der Waals surface area contributed by atoms with Gasteiger partial charge < -0.3 is 19.6 Å². The van der Waals surface area contributed by atoms with Gasteiger partial charge in [0.25, 0.3) is 0 Å². The summed E-state index contributed by atoms with van der Waals surface area (Å²) in [5.74, 6) is -0.266. The normalized spacial score (nSPS) is 23.6. The fourth-order valence-corrected chi connectivity index (χ4v) is 5.41. The van der Waals surface area contributed by atoms with Gasteiger partial charge in [-0.15, -0.1) is 0 Å². The van der Waals surface area contributed by atoms with Crippen LogP contribution in [0.15, 0.2) is 48.5 Å². The van der Waals surface area contributed by atoms with Crippen LogP contribution in [-0.4, -0.2) is 71.7 Å². The number of carbonyl (C=O) groups excluding carboxylic acids is 2. The van der Waals surface area contributed by atoms with Crippen molar-refractivity contribution in [2.24, 2.45) is 5.92 Å². The average molecular weight is 438 g/mol. The Labute approximate surface area is 186 Å². The Morgan fingerprint density at radius 1 is 1.06 bits per heavy atom. The molecule has 2 amide bonds. The molecule has 1 aliphatic carbocycles. The van der Waals surface area contributed by atoms with Crippen LogP contribution in [0.5, 0.6) is 0 Å². The summed E-state index contributed by atoms with van der Waals surface area (Å²) < 4.78 is 18.2. The van der Waals surface area contributed by atoms with Crippen LogP contribution < -0.4 is 0 Å². The fourth-order valence-electron chi connectivity index (χ4n) is 5.41. The number of hydrogen-bond acceptors (Lipinski definition) is 4. The van der Waals surface area contributed by atoms with Gasteiger partial charge in [-0.3, -0.25) is 9.59 Å². The Hall–Kier alpha value is -2.77. The van der Waals surface area contributed by atoms with Gasteiger partial charge >= 0.3 is 0 Å². The van der Waals surface area contributed by atoms with Gasteiger partial charge in [-0.1, -0.05) is 36.4 Å². The molecule has 2 atom stereocenters. The van der Waals surface area contributed by atoms with Crippen molar-refractivity contribution >= 4 is 11.8 Å². The first kappa shape index (κ1) is 21.1. The number of rotatable bonds is 6. The third-order valence-electron chi connectivity index (χ3n) is 7.12. The molecule has 0 unspecified atom stereocenters. The minimum atomic E-state index is -0.478. The molecular formula is C25H27FN2O4. The van der Waals surface area contributed by atoms with Gasteiger partial charge in [0.1, 0.15) is 12.4 Å². The molecule has 0 radical (unpaired) electrons. The van der Waals surface area contributed by atoms with E-state index in [2.05, 4.69) is 0 Å². The molecule has 1 saturated carbocycles. The van der Waals surface area contributed by atoms with Crippen LogP contribution in [0.3, 0.4) is 0 Å². The first-order valence-electron chi connectivity index (χ1n) is 11.0. The summed E-state index contributed by atoms with van der Waals surface area (Å²) in [4.78, 5) is 29.0. The Bertz CT molecular complexity index is 1010. The summed E-state index contributed by atoms with van der Waals surface area (Å²) in [6, 6.07) is 14.1. The molecule has 2 heterocycles. The quantitative estimate of drug-likeness (QED) is 0.752. The number of nitrogens with zero attached hydrogens (tertiary/aromatic N) is 2. The van der Waals surface area contributed by atoms with Gasteiger partial charge in [-0.25, -0.2) is 4.39 Å². The van der Waals surface area contributed by atoms with Crippen molar-refractivity contribution in [2.45, 2.75) is 30.3 Å². The summed E-state index contributed by atoms with van der Waals surface area (Å²) in [6.07, 6.45) is 1.79. The third-order valence-corrected chi connectivity index (χ3v) is 7.12. The fraction of sp³-hybridized carbons (Fsp3) is 0.440. The maximum Gasteiger partial charge on any atom is 0.248 e. The average Bonchev–Trinajstić information content (AvgIpc) is 3.59. The van der Waals surface area contributed by atoms with E-state index in [-0.39, 0.29) is 48.7 Å². The van der Waals surface area contributed by atoms with Crippen LogP contribution >= 0.6 is 0 Å². The largest absolute Gasteiger partial charge is 0.394 e. The smallest absolute Gasteiger partial charge is 0.248 e. The second-order valence-corrected chi connectivity index (χ2v) is 9.13. The summed E-state index contributed by atoms with van der Waals surface area (Å²) >= 11 is 0. The van der Waals surface area contributed by atoms with Gasteiger partial charge in [0, 0.05) is 32.0 Å². The summed E-state index contributed by atoms with van der Waals surface area (Å²) in [5, 5.41) is 10.2. The van der Waals surface area contributed by atoms with Crippen molar-refractivity contribution in [1.29, 1.82) is 0 Å². The molecule has 0 bridgehead atoms. The van der Waals surface area contributed by atoms with E-state index < -0.39 is 5.54 Å². The highest BCUT2D eigenvalue weighted by Crippen LogP contribution is 2.55. The van der Waals surface area contributed by atoms with Crippen molar-refractivity contribution < 1.29 is 23.8 Å². The van der Waals surface area contributed by atoms with Crippen LogP contribution in [-0.2, 0) is 14.3 Å². The zero-order valence-electron chi connectivity index (χ0n) is 18.0. The number of ether oxygens (including phenoxy) is 1. The summed E-state index contributed by atoms with van der Waals surface area (Å²) in [7, 11) is 1.49. The molecule has 7 heteroatoms. The van der Waals surface area contributed by atoms with Crippen LogP contribution in [0.4, 0.5) is 4.39 Å². The molecule has 2 aliphatic heterocycles. The Kier molecular flexibility index (Phi) is 5.26. The van der Waals surface area contributed by atoms with Gasteiger partial charge in [0.2, 0.25) is 11.8 Å². The molecule has 2 saturated heterocycles. The zero-order valence-corrected chi connectivity index (χ0v) is 18.0. The SMILES string of the molecule is COCC(=O)N1CC2(C1)[C@@H](c1ccc(-c3ccc(F)cc3)cc1)[C@@H](CO)N2C(=O)C1CC1. The number of carbonyl (C=O) groups is 2. The first-order chi connectivity index (χ1) is 15.5. The topological polar surface area (TPSA) is 70.1 Å². The number of aliphatic hydroxyl groups excluding tert-OH is 1. The van der Waals surface area contributed by atoms with E-state index >= 15 is 0 Å². The number of methoxy groups -OCH3 is 1. The van der Waals surface area contributed by atoms with E-state index in [1.54, 1.807) is 17.0 Å². The van der Waals surface area contributed by atoms with Crippen LogP contribution in [0.1, 0.15) is 24.3 Å². The van der Waals surface area contributed by atoms with Gasteiger partial charge in [0.05, 0.1) is 18.2 Å². The van der Waals surface area contributed by atoms with Crippen molar-refractivity contribution in [3.63, 3.8) is 0 Å². The van der Waals surface area contributed by atoms with Crippen molar-refractivity contribution in [3.8, 4) is 11.1 Å². The van der Waals surface area contributed by atoms with Gasteiger partial charge in [0.15, 0.2) is 0 Å². The molecule has 5 rings (SSSR count). The van der Waals surface area contributed by atoms with Crippen LogP contribution in [0, 0.1) is 11.7 Å². The molecular weight excluding hydrogens is 411 g/mol. The van der Waals surface area contributed by atoms with E-state index in [4.69, 9.17) is 4.74 Å². The predicted molar refractivity (Wildman–Crippen MR) is 116 cm³/mol. The number of aliphatic hydroxyl groups is 1. The number of hydrogen-bond donors (Lipinski definition) is 1. The Morgan fingerprint density at radius 2 is 1.66 bits per heavy atom. The number of halogens is 1. The van der Waals surface area contributed by atoms with Gasteiger partial charge in [-0.05, 0) is 41.7 Å². The zero-order chi connectivity index (χ0) is 22.5. The highest BCUT2D eigenvalue weighted by molar-refractivity contribution is 5.86. The summed E-state index contributed by atoms with van der Waals surface area (Å²) in [6.45, 7) is 0.812. The maximum absolute atomic E-state index is 13.2. The molecule has 168 valence electrons. The summed E-state index contributed by atoms with van der Waals surface area (Å²) in [5.41, 5.74) is 2.45. The molecule has 3 fully saturated rings. The first-order valence-corrected chi connectivity index (χ1v) is 11.0. The van der Waals surface area contributed by atoms with E-state index in [1.807, 2.05) is 29.2 Å². The molecule has 2 aromatic carbocycles. The molecule has 1 spiro atoms. The predicted octanol–water partition coefficient (Wildman–Crippen LogP) is 2.42. The highest BCUT2D eigenvalue weighted by atomic mass is 19.1. The number of benzene rings is 2.